The summed E-state index contributed by atoms with van der Waals surface area (Å²) in [6, 6.07) is 0. The Morgan fingerprint density at radius 2 is 1.86 bits per heavy atom. The molecule has 0 aliphatic rings. The molecule has 0 aromatic rings. The molecular formula is C11H23BrO2. The molecule has 0 rings (SSSR count). The summed E-state index contributed by atoms with van der Waals surface area (Å²) < 4.78 is 5.59. The fraction of sp³-hybridized carbons (Fsp3) is 1.00. The van der Waals surface area contributed by atoms with Gasteiger partial charge >= 0.3 is 0 Å². The van der Waals surface area contributed by atoms with E-state index < -0.39 is 0 Å². The molecule has 0 atom stereocenters. The fourth-order valence-electron chi connectivity index (χ4n) is 1.31. The van der Waals surface area contributed by atoms with Gasteiger partial charge in [-0.05, 0) is 25.7 Å². The van der Waals surface area contributed by atoms with Crippen molar-refractivity contribution in [1.82, 2.24) is 0 Å². The molecule has 0 aromatic carbocycles. The highest BCUT2D eigenvalue weighted by Gasteiger charge is 2.25. The Kier molecular flexibility index (Phi) is 8.94. The molecule has 0 aromatic heterocycles. The van der Waals surface area contributed by atoms with Crippen LogP contribution in [0.2, 0.25) is 0 Å². The zero-order chi connectivity index (χ0) is 10.9. The van der Waals surface area contributed by atoms with Crippen LogP contribution in [0.4, 0.5) is 0 Å². The maximum Gasteiger partial charge on any atom is 0.0544 e. The average Bonchev–Trinajstić information content (AvgIpc) is 2.24. The van der Waals surface area contributed by atoms with Gasteiger partial charge in [-0.3, -0.25) is 0 Å². The standard InChI is InChI=1S/C11H23BrO2/c1-3-11(4-2,9-13)10-14-8-6-5-7-12/h13H,3-10H2,1-2H3. The second kappa shape index (κ2) is 8.69. The highest BCUT2D eigenvalue weighted by atomic mass is 79.9. The van der Waals surface area contributed by atoms with Crippen LogP contribution in [0.15, 0.2) is 0 Å². The van der Waals surface area contributed by atoms with Crippen molar-refractivity contribution in [2.24, 2.45) is 5.41 Å². The van der Waals surface area contributed by atoms with Gasteiger partial charge in [-0.25, -0.2) is 0 Å². The quantitative estimate of drug-likeness (QED) is 0.514. The molecule has 0 spiro atoms. The van der Waals surface area contributed by atoms with Crippen molar-refractivity contribution in [3.63, 3.8) is 0 Å². The first-order valence-corrected chi connectivity index (χ1v) is 6.61. The molecule has 0 fully saturated rings. The fourth-order valence-corrected chi connectivity index (χ4v) is 1.71. The molecule has 0 unspecified atom stereocenters. The largest absolute Gasteiger partial charge is 0.396 e. The van der Waals surface area contributed by atoms with Crippen LogP contribution in [0.5, 0.6) is 0 Å². The molecule has 3 heteroatoms. The molecule has 0 aliphatic carbocycles. The van der Waals surface area contributed by atoms with E-state index in [1.807, 2.05) is 0 Å². The van der Waals surface area contributed by atoms with Crippen molar-refractivity contribution in [3.05, 3.63) is 0 Å². The third-order valence-electron chi connectivity index (χ3n) is 2.92. The van der Waals surface area contributed by atoms with Crippen LogP contribution in [-0.2, 0) is 4.74 Å². The van der Waals surface area contributed by atoms with E-state index in [2.05, 4.69) is 29.8 Å². The predicted molar refractivity (Wildman–Crippen MR) is 63.9 cm³/mol. The number of aliphatic hydroxyl groups excluding tert-OH is 1. The Bertz CT molecular complexity index is 116. The molecular weight excluding hydrogens is 244 g/mol. The summed E-state index contributed by atoms with van der Waals surface area (Å²) in [4.78, 5) is 0. The Morgan fingerprint density at radius 1 is 1.21 bits per heavy atom. The highest BCUT2D eigenvalue weighted by molar-refractivity contribution is 9.09. The summed E-state index contributed by atoms with van der Waals surface area (Å²) in [5, 5.41) is 10.3. The van der Waals surface area contributed by atoms with E-state index in [1.54, 1.807) is 0 Å². The number of hydrogen-bond acceptors (Lipinski definition) is 2. The molecule has 2 nitrogen and oxygen atoms in total. The molecule has 0 bridgehead atoms. The number of rotatable bonds is 9. The maximum atomic E-state index is 9.29. The van der Waals surface area contributed by atoms with Crippen molar-refractivity contribution in [2.45, 2.75) is 39.5 Å². The number of aliphatic hydroxyl groups is 1. The number of hydrogen-bond donors (Lipinski definition) is 1. The second-order valence-electron chi connectivity index (χ2n) is 3.81. The van der Waals surface area contributed by atoms with Crippen LogP contribution in [0.1, 0.15) is 39.5 Å². The number of alkyl halides is 1. The van der Waals surface area contributed by atoms with Gasteiger partial charge in [0.2, 0.25) is 0 Å². The Morgan fingerprint density at radius 3 is 2.29 bits per heavy atom. The van der Waals surface area contributed by atoms with Gasteiger partial charge in [0.05, 0.1) is 13.2 Å². The third-order valence-corrected chi connectivity index (χ3v) is 3.48. The first-order valence-electron chi connectivity index (χ1n) is 5.49. The van der Waals surface area contributed by atoms with Crippen molar-refractivity contribution in [3.8, 4) is 0 Å². The van der Waals surface area contributed by atoms with Crippen LogP contribution in [0.3, 0.4) is 0 Å². The van der Waals surface area contributed by atoms with Gasteiger partial charge in [0.1, 0.15) is 0 Å². The molecule has 0 saturated carbocycles. The third kappa shape index (κ3) is 5.32. The summed E-state index contributed by atoms with van der Waals surface area (Å²) in [7, 11) is 0. The van der Waals surface area contributed by atoms with Crippen LogP contribution < -0.4 is 0 Å². The summed E-state index contributed by atoms with van der Waals surface area (Å²) in [5.74, 6) is 0. The molecule has 0 radical (unpaired) electrons. The van der Waals surface area contributed by atoms with Crippen LogP contribution in [0, 0.1) is 5.41 Å². The number of halogens is 1. The summed E-state index contributed by atoms with van der Waals surface area (Å²) in [5.41, 5.74) is -0.00555. The first-order chi connectivity index (χ1) is 6.74. The zero-order valence-electron chi connectivity index (χ0n) is 9.39. The maximum absolute atomic E-state index is 9.29. The van der Waals surface area contributed by atoms with E-state index in [4.69, 9.17) is 4.74 Å². The monoisotopic (exact) mass is 266 g/mol. The van der Waals surface area contributed by atoms with Gasteiger partial charge in [-0.1, -0.05) is 29.8 Å². The van der Waals surface area contributed by atoms with E-state index in [9.17, 15) is 5.11 Å². The normalized spacial score (nSPS) is 12.0. The summed E-state index contributed by atoms with van der Waals surface area (Å²) in [6.07, 6.45) is 4.22. The van der Waals surface area contributed by atoms with Crippen LogP contribution in [-0.4, -0.2) is 30.3 Å². The van der Waals surface area contributed by atoms with Crippen molar-refractivity contribution >= 4 is 15.9 Å². The molecule has 14 heavy (non-hydrogen) atoms. The second-order valence-corrected chi connectivity index (χ2v) is 4.61. The van der Waals surface area contributed by atoms with E-state index >= 15 is 0 Å². The minimum atomic E-state index is -0.00555. The highest BCUT2D eigenvalue weighted by Crippen LogP contribution is 2.25. The summed E-state index contributed by atoms with van der Waals surface area (Å²) in [6.45, 7) is 5.97. The first kappa shape index (κ1) is 14.4. The lowest BCUT2D eigenvalue weighted by molar-refractivity contribution is 0.000460. The molecule has 0 amide bonds. The number of unbranched alkanes of at least 4 members (excludes halogenated alkanes) is 1. The van der Waals surface area contributed by atoms with Crippen molar-refractivity contribution in [2.75, 3.05) is 25.2 Å². The molecule has 0 saturated heterocycles. The van der Waals surface area contributed by atoms with Gasteiger partial charge in [-0.2, -0.15) is 0 Å². The molecule has 0 heterocycles. The summed E-state index contributed by atoms with van der Waals surface area (Å²) >= 11 is 3.39. The SMILES string of the molecule is CCC(CC)(CO)COCCCCBr. The minimum Gasteiger partial charge on any atom is -0.396 e. The van der Waals surface area contributed by atoms with E-state index in [0.29, 0.717) is 6.61 Å². The average molecular weight is 267 g/mol. The van der Waals surface area contributed by atoms with Crippen molar-refractivity contribution in [1.29, 1.82) is 0 Å². The Hall–Kier alpha value is 0.400. The van der Waals surface area contributed by atoms with E-state index in [0.717, 1.165) is 37.6 Å². The van der Waals surface area contributed by atoms with Gasteiger partial charge in [0.15, 0.2) is 0 Å². The lowest BCUT2D eigenvalue weighted by Crippen LogP contribution is -2.29. The van der Waals surface area contributed by atoms with Crippen molar-refractivity contribution < 1.29 is 9.84 Å². The lowest BCUT2D eigenvalue weighted by atomic mass is 9.84. The topological polar surface area (TPSA) is 29.5 Å². The minimum absolute atomic E-state index is 0.00555. The number of ether oxygens (including phenoxy) is 1. The van der Waals surface area contributed by atoms with Gasteiger partial charge in [-0.15, -0.1) is 0 Å². The van der Waals surface area contributed by atoms with Gasteiger partial charge < -0.3 is 9.84 Å². The predicted octanol–water partition coefficient (Wildman–Crippen LogP) is 2.98. The van der Waals surface area contributed by atoms with Crippen LogP contribution in [0.25, 0.3) is 0 Å². The van der Waals surface area contributed by atoms with Gasteiger partial charge in [0, 0.05) is 17.4 Å². The molecule has 0 aliphatic heterocycles. The van der Waals surface area contributed by atoms with E-state index in [1.165, 1.54) is 0 Å². The Balaban J connectivity index is 3.61. The Labute approximate surface area is 96.2 Å². The molecule has 1 N–H and O–H groups in total. The lowest BCUT2D eigenvalue weighted by Gasteiger charge is -2.28. The van der Waals surface area contributed by atoms with E-state index in [-0.39, 0.29) is 12.0 Å². The van der Waals surface area contributed by atoms with Crippen LogP contribution >= 0.6 is 15.9 Å². The van der Waals surface area contributed by atoms with Gasteiger partial charge in [0.25, 0.3) is 0 Å². The smallest absolute Gasteiger partial charge is 0.0544 e. The molecule has 86 valence electrons. The zero-order valence-corrected chi connectivity index (χ0v) is 11.0.